The molecule has 4 nitrogen and oxygen atoms in total. The van der Waals surface area contributed by atoms with Crippen LogP contribution >= 0.6 is 12.4 Å². The van der Waals surface area contributed by atoms with E-state index in [1.807, 2.05) is 13.0 Å². The first-order chi connectivity index (χ1) is 9.26. The van der Waals surface area contributed by atoms with Gasteiger partial charge in [-0.15, -0.1) is 12.4 Å². The molecule has 0 radical (unpaired) electrons. The highest BCUT2D eigenvalue weighted by Crippen LogP contribution is 2.32. The summed E-state index contributed by atoms with van der Waals surface area (Å²) in [6.45, 7) is 5.18. The van der Waals surface area contributed by atoms with Crippen LogP contribution < -0.4 is 14.8 Å². The van der Waals surface area contributed by atoms with E-state index in [1.54, 1.807) is 12.1 Å². The summed E-state index contributed by atoms with van der Waals surface area (Å²) >= 11 is 0. The molecule has 112 valence electrons. The van der Waals surface area contributed by atoms with E-state index in [0.717, 1.165) is 25.8 Å². The number of rotatable bonds is 7. The topological polar surface area (TPSA) is 47.6 Å². The Morgan fingerprint density at radius 1 is 1.30 bits per heavy atom. The lowest BCUT2D eigenvalue weighted by Crippen LogP contribution is -2.36. The first-order valence-electron chi connectivity index (χ1n) is 6.93. The molecule has 1 unspecified atom stereocenters. The monoisotopic (exact) mass is 299 g/mol. The highest BCUT2D eigenvalue weighted by atomic mass is 35.5. The van der Waals surface area contributed by atoms with Gasteiger partial charge in [0.15, 0.2) is 17.3 Å². The van der Waals surface area contributed by atoms with Crippen LogP contribution in [0.3, 0.4) is 0 Å². The molecule has 2 rings (SSSR count). The molecule has 0 aliphatic carbocycles. The van der Waals surface area contributed by atoms with Gasteiger partial charge in [0.1, 0.15) is 0 Å². The number of ether oxygens (including phenoxy) is 2. The van der Waals surface area contributed by atoms with E-state index >= 15 is 0 Å². The Hall–Kier alpha value is -1.26. The predicted octanol–water partition coefficient (Wildman–Crippen LogP) is 3.19. The van der Waals surface area contributed by atoms with Crippen LogP contribution in [0.25, 0.3) is 0 Å². The zero-order valence-corrected chi connectivity index (χ0v) is 12.8. The molecule has 1 heterocycles. The van der Waals surface area contributed by atoms with Crippen molar-refractivity contribution in [3.63, 3.8) is 0 Å². The highest BCUT2D eigenvalue weighted by molar-refractivity contribution is 6.00. The third-order valence-electron chi connectivity index (χ3n) is 3.27. The summed E-state index contributed by atoms with van der Waals surface area (Å²) in [5.41, 5.74) is 0.686. The van der Waals surface area contributed by atoms with Crippen LogP contribution in [0.4, 0.5) is 0 Å². The summed E-state index contributed by atoms with van der Waals surface area (Å²) in [5.74, 6) is 1.51. The van der Waals surface area contributed by atoms with Gasteiger partial charge in [0.2, 0.25) is 6.79 Å². The lowest BCUT2D eigenvalue weighted by molar-refractivity contribution is 0.0937. The molecule has 1 aromatic rings. The number of hydrogen-bond donors (Lipinski definition) is 1. The van der Waals surface area contributed by atoms with Gasteiger partial charge >= 0.3 is 0 Å². The average molecular weight is 300 g/mol. The molecule has 1 aromatic carbocycles. The predicted molar refractivity (Wildman–Crippen MR) is 81.1 cm³/mol. The minimum atomic E-state index is -0.106. The van der Waals surface area contributed by atoms with Crippen molar-refractivity contribution in [3.8, 4) is 11.5 Å². The van der Waals surface area contributed by atoms with Crippen LogP contribution in [0.1, 0.15) is 43.5 Å². The Labute approximate surface area is 126 Å². The summed E-state index contributed by atoms with van der Waals surface area (Å²) in [4.78, 5) is 12.5. The van der Waals surface area contributed by atoms with Crippen LogP contribution in [0.15, 0.2) is 18.2 Å². The number of carbonyl (C=O) groups is 1. The number of carbonyl (C=O) groups excluding carboxylic acids is 1. The zero-order chi connectivity index (χ0) is 13.7. The van der Waals surface area contributed by atoms with Crippen molar-refractivity contribution in [2.24, 2.45) is 0 Å². The number of nitrogens with one attached hydrogen (secondary N) is 1. The summed E-state index contributed by atoms with van der Waals surface area (Å²) in [6, 6.07) is 5.29. The van der Waals surface area contributed by atoms with Crippen molar-refractivity contribution in [1.82, 2.24) is 5.32 Å². The van der Waals surface area contributed by atoms with Gasteiger partial charge in [-0.25, -0.2) is 0 Å². The highest BCUT2D eigenvalue weighted by Gasteiger charge is 2.21. The number of unbranched alkanes of at least 4 members (excludes halogenated alkanes) is 1. The van der Waals surface area contributed by atoms with E-state index in [1.165, 1.54) is 0 Å². The van der Waals surface area contributed by atoms with Crippen LogP contribution in [-0.4, -0.2) is 25.2 Å². The van der Waals surface area contributed by atoms with Crippen LogP contribution in [-0.2, 0) is 0 Å². The Morgan fingerprint density at radius 3 is 2.75 bits per heavy atom. The van der Waals surface area contributed by atoms with Gasteiger partial charge in [-0.3, -0.25) is 4.79 Å². The van der Waals surface area contributed by atoms with Crippen molar-refractivity contribution in [2.75, 3.05) is 13.3 Å². The lowest BCUT2D eigenvalue weighted by atomic mass is 9.99. The fraction of sp³-hybridized carbons (Fsp3) is 0.533. The first-order valence-corrected chi connectivity index (χ1v) is 6.93. The lowest BCUT2D eigenvalue weighted by Gasteiger charge is -2.16. The fourth-order valence-corrected chi connectivity index (χ4v) is 2.23. The Kier molecular flexibility index (Phi) is 6.82. The van der Waals surface area contributed by atoms with Crippen LogP contribution in [0, 0.1) is 0 Å². The summed E-state index contributed by atoms with van der Waals surface area (Å²) in [5, 5.41) is 3.26. The smallest absolute Gasteiger partial charge is 0.231 e. The van der Waals surface area contributed by atoms with Crippen molar-refractivity contribution < 1.29 is 14.3 Å². The quantitative estimate of drug-likeness (QED) is 0.786. The Bertz CT molecular complexity index is 451. The molecule has 0 bridgehead atoms. The molecule has 20 heavy (non-hydrogen) atoms. The molecule has 1 aliphatic rings. The Morgan fingerprint density at radius 2 is 2.05 bits per heavy atom. The van der Waals surface area contributed by atoms with Crippen molar-refractivity contribution in [1.29, 1.82) is 0 Å². The van der Waals surface area contributed by atoms with Crippen molar-refractivity contribution in [3.05, 3.63) is 23.8 Å². The second kappa shape index (κ2) is 8.12. The third-order valence-corrected chi connectivity index (χ3v) is 3.27. The molecule has 0 aromatic heterocycles. The van der Waals surface area contributed by atoms with Gasteiger partial charge in [-0.1, -0.05) is 26.7 Å². The molecule has 0 spiro atoms. The summed E-state index contributed by atoms with van der Waals surface area (Å²) in [6.07, 6.45) is 3.02. The average Bonchev–Trinajstić information content (AvgIpc) is 2.90. The molecule has 1 aliphatic heterocycles. The molecular weight excluding hydrogens is 278 g/mol. The minimum Gasteiger partial charge on any atom is -0.454 e. The van der Waals surface area contributed by atoms with Gasteiger partial charge < -0.3 is 14.8 Å². The van der Waals surface area contributed by atoms with Crippen LogP contribution in [0.5, 0.6) is 11.5 Å². The molecule has 5 heteroatoms. The maximum absolute atomic E-state index is 12.5. The molecule has 0 fully saturated rings. The maximum Gasteiger partial charge on any atom is 0.231 e. The number of Topliss-reactive ketones (excluding diaryl/α,β-unsaturated/α-hetero) is 1. The van der Waals surface area contributed by atoms with Gasteiger partial charge in [0.05, 0.1) is 6.04 Å². The third kappa shape index (κ3) is 3.87. The molecular formula is C15H22ClNO3. The second-order valence-electron chi connectivity index (χ2n) is 4.68. The number of halogens is 1. The van der Waals surface area contributed by atoms with Crippen molar-refractivity contribution >= 4 is 18.2 Å². The SMILES string of the molecule is CCCCC(NCC)C(=O)c1ccc2c(c1)OCO2.Cl. The van der Waals surface area contributed by atoms with E-state index in [-0.39, 0.29) is 31.0 Å². The van der Waals surface area contributed by atoms with E-state index in [0.29, 0.717) is 17.1 Å². The molecule has 0 saturated heterocycles. The normalized spacial score (nSPS) is 13.7. The molecule has 0 saturated carbocycles. The van der Waals surface area contributed by atoms with E-state index in [2.05, 4.69) is 12.2 Å². The molecule has 1 N–H and O–H groups in total. The number of fused-ring (bicyclic) bond motifs is 1. The Balaban J connectivity index is 0.00000200. The van der Waals surface area contributed by atoms with Gasteiger partial charge in [0.25, 0.3) is 0 Å². The van der Waals surface area contributed by atoms with E-state index < -0.39 is 0 Å². The fourth-order valence-electron chi connectivity index (χ4n) is 2.23. The molecule has 1 atom stereocenters. The van der Waals surface area contributed by atoms with Gasteiger partial charge in [0, 0.05) is 5.56 Å². The van der Waals surface area contributed by atoms with E-state index in [4.69, 9.17) is 9.47 Å². The maximum atomic E-state index is 12.5. The zero-order valence-electron chi connectivity index (χ0n) is 12.0. The minimum absolute atomic E-state index is 0. The van der Waals surface area contributed by atoms with Gasteiger partial charge in [-0.2, -0.15) is 0 Å². The van der Waals surface area contributed by atoms with E-state index in [9.17, 15) is 4.79 Å². The second-order valence-corrected chi connectivity index (χ2v) is 4.68. The first kappa shape index (κ1) is 16.8. The number of hydrogen-bond acceptors (Lipinski definition) is 4. The number of likely N-dealkylation sites (N-methyl/N-ethyl adjacent to an activating group) is 1. The van der Waals surface area contributed by atoms with Crippen molar-refractivity contribution in [2.45, 2.75) is 39.2 Å². The van der Waals surface area contributed by atoms with Gasteiger partial charge in [-0.05, 0) is 31.2 Å². The summed E-state index contributed by atoms with van der Waals surface area (Å²) < 4.78 is 10.6. The number of benzene rings is 1. The largest absolute Gasteiger partial charge is 0.454 e. The summed E-state index contributed by atoms with van der Waals surface area (Å²) in [7, 11) is 0. The standard InChI is InChI=1S/C15H21NO3.ClH/c1-3-5-6-12(16-4-2)15(17)11-7-8-13-14(9-11)19-10-18-13;/h7-9,12,16H,3-6,10H2,1-2H3;1H. The molecule has 0 amide bonds. The number of ketones is 1. The van der Waals surface area contributed by atoms with Crippen LogP contribution in [0.2, 0.25) is 0 Å².